The van der Waals surface area contributed by atoms with Gasteiger partial charge in [-0.25, -0.2) is 0 Å². The standard InChI is InChI=1S/C70H135NO5/c1-3-5-7-9-11-13-15-17-34-38-42-46-50-54-58-62-68(73)67(66-72)71-69(74)63-59-55-51-47-43-39-36-32-30-28-26-24-22-20-19-21-23-25-27-29-31-33-37-41-45-49-53-57-61-65-76-70(75)64-60-56-52-48-44-40-35-18-16-14-12-10-8-6-4-2/h18-19,21,35,67-68,72-73H,3-17,20,22-34,36-66H2,1-2H3,(H,71,74)/b21-19-,35-18-. The minimum Gasteiger partial charge on any atom is -0.466 e. The summed E-state index contributed by atoms with van der Waals surface area (Å²) in [5.74, 6) is -0.0223. The molecule has 0 saturated carbocycles. The van der Waals surface area contributed by atoms with Gasteiger partial charge in [0, 0.05) is 12.8 Å². The molecule has 450 valence electrons. The number of aliphatic hydroxyl groups is 2. The zero-order valence-electron chi connectivity index (χ0n) is 51.5. The van der Waals surface area contributed by atoms with Gasteiger partial charge in [0.2, 0.25) is 5.91 Å². The van der Waals surface area contributed by atoms with Gasteiger partial charge in [-0.1, -0.05) is 321 Å². The summed E-state index contributed by atoms with van der Waals surface area (Å²) in [5.41, 5.74) is 0. The number of unbranched alkanes of at least 4 members (excludes halogenated alkanes) is 50. The van der Waals surface area contributed by atoms with Gasteiger partial charge in [0.25, 0.3) is 0 Å². The molecule has 1 amide bonds. The number of hydrogen-bond acceptors (Lipinski definition) is 5. The first-order valence-electron chi connectivity index (χ1n) is 34.6. The predicted molar refractivity (Wildman–Crippen MR) is 333 cm³/mol. The van der Waals surface area contributed by atoms with Crippen LogP contribution in [0.25, 0.3) is 0 Å². The first kappa shape index (κ1) is 74.3. The van der Waals surface area contributed by atoms with E-state index in [0.29, 0.717) is 25.9 Å². The van der Waals surface area contributed by atoms with Gasteiger partial charge in [-0.15, -0.1) is 0 Å². The molecule has 0 rings (SSSR count). The largest absolute Gasteiger partial charge is 0.466 e. The van der Waals surface area contributed by atoms with Gasteiger partial charge in [0.05, 0.1) is 25.4 Å². The molecule has 3 N–H and O–H groups in total. The second-order valence-corrected chi connectivity index (χ2v) is 23.9. The molecule has 0 spiro atoms. The number of allylic oxidation sites excluding steroid dienone is 4. The Morgan fingerprint density at radius 1 is 0.355 bits per heavy atom. The Morgan fingerprint density at radius 3 is 0.934 bits per heavy atom. The maximum atomic E-state index is 12.5. The van der Waals surface area contributed by atoms with Crippen molar-refractivity contribution in [3.8, 4) is 0 Å². The van der Waals surface area contributed by atoms with Crippen molar-refractivity contribution in [2.45, 2.75) is 398 Å². The Kier molecular flexibility index (Phi) is 64.4. The Labute approximate surface area is 475 Å². The van der Waals surface area contributed by atoms with E-state index < -0.39 is 12.1 Å². The SMILES string of the molecule is CCCCCCCC/C=C\CCCCCCCC(=O)OCCCCCCCCCCCCCC/C=C\CCCCCCCCCCCCCCCC(=O)NC(CO)C(O)CCCCCCCCCCCCCCCCC. The van der Waals surface area contributed by atoms with Gasteiger partial charge in [-0.05, 0) is 77.0 Å². The van der Waals surface area contributed by atoms with Crippen LogP contribution in [0.15, 0.2) is 24.3 Å². The fraction of sp³-hybridized carbons (Fsp3) is 0.914. The van der Waals surface area contributed by atoms with E-state index in [4.69, 9.17) is 4.74 Å². The van der Waals surface area contributed by atoms with E-state index in [1.165, 1.54) is 308 Å². The minimum atomic E-state index is -0.663. The number of carbonyl (C=O) groups is 2. The number of carbonyl (C=O) groups excluding carboxylic acids is 2. The fourth-order valence-corrected chi connectivity index (χ4v) is 10.9. The van der Waals surface area contributed by atoms with Gasteiger partial charge in [0.1, 0.15) is 0 Å². The number of rotatable bonds is 65. The van der Waals surface area contributed by atoms with E-state index in [0.717, 1.165) is 44.9 Å². The zero-order valence-corrected chi connectivity index (χ0v) is 51.5. The lowest BCUT2D eigenvalue weighted by Crippen LogP contribution is -2.45. The van der Waals surface area contributed by atoms with Crippen molar-refractivity contribution in [1.29, 1.82) is 0 Å². The summed E-state index contributed by atoms with van der Waals surface area (Å²) < 4.78 is 5.49. The van der Waals surface area contributed by atoms with Crippen LogP contribution in [0.2, 0.25) is 0 Å². The molecule has 6 heteroatoms. The second-order valence-electron chi connectivity index (χ2n) is 23.9. The molecule has 0 radical (unpaired) electrons. The first-order valence-corrected chi connectivity index (χ1v) is 34.6. The molecule has 2 atom stereocenters. The van der Waals surface area contributed by atoms with E-state index in [9.17, 15) is 19.8 Å². The maximum Gasteiger partial charge on any atom is 0.305 e. The van der Waals surface area contributed by atoms with Gasteiger partial charge in [0.15, 0.2) is 0 Å². The summed E-state index contributed by atoms with van der Waals surface area (Å²) in [5, 5.41) is 23.3. The molecule has 0 bridgehead atoms. The Morgan fingerprint density at radius 2 is 0.618 bits per heavy atom. The van der Waals surface area contributed by atoms with Crippen LogP contribution in [0.5, 0.6) is 0 Å². The average molecular weight is 1070 g/mol. The average Bonchev–Trinajstić information content (AvgIpc) is 3.42. The van der Waals surface area contributed by atoms with Crippen molar-refractivity contribution in [2.24, 2.45) is 0 Å². The molecule has 0 saturated heterocycles. The topological polar surface area (TPSA) is 95.9 Å². The van der Waals surface area contributed by atoms with Gasteiger partial charge < -0.3 is 20.3 Å². The van der Waals surface area contributed by atoms with Gasteiger partial charge >= 0.3 is 5.97 Å². The molecule has 0 aliphatic carbocycles. The van der Waals surface area contributed by atoms with E-state index in [1.807, 2.05) is 0 Å². The number of amides is 1. The van der Waals surface area contributed by atoms with Crippen LogP contribution in [-0.2, 0) is 14.3 Å². The lowest BCUT2D eigenvalue weighted by Gasteiger charge is -2.22. The van der Waals surface area contributed by atoms with Crippen LogP contribution in [0, 0.1) is 0 Å². The van der Waals surface area contributed by atoms with Crippen molar-refractivity contribution in [3.63, 3.8) is 0 Å². The molecule has 2 unspecified atom stereocenters. The van der Waals surface area contributed by atoms with Crippen LogP contribution in [0.1, 0.15) is 386 Å². The van der Waals surface area contributed by atoms with Crippen molar-refractivity contribution in [3.05, 3.63) is 24.3 Å². The van der Waals surface area contributed by atoms with Crippen molar-refractivity contribution in [2.75, 3.05) is 13.2 Å². The molecular formula is C70H135NO5. The number of aliphatic hydroxyl groups excluding tert-OH is 2. The lowest BCUT2D eigenvalue weighted by molar-refractivity contribution is -0.143. The molecule has 0 aliphatic heterocycles. The number of ether oxygens (including phenoxy) is 1. The Hall–Kier alpha value is -1.66. The zero-order chi connectivity index (χ0) is 55.0. The summed E-state index contributed by atoms with van der Waals surface area (Å²) in [6.07, 6.45) is 82.2. The van der Waals surface area contributed by atoms with Crippen LogP contribution in [0.4, 0.5) is 0 Å². The van der Waals surface area contributed by atoms with Crippen LogP contribution in [0.3, 0.4) is 0 Å². The van der Waals surface area contributed by atoms with E-state index in [-0.39, 0.29) is 18.5 Å². The Bertz CT molecular complexity index is 1190. The summed E-state index contributed by atoms with van der Waals surface area (Å²) in [7, 11) is 0. The molecular weight excluding hydrogens is 935 g/mol. The van der Waals surface area contributed by atoms with Gasteiger partial charge in [-0.3, -0.25) is 9.59 Å². The van der Waals surface area contributed by atoms with E-state index in [1.54, 1.807) is 0 Å². The van der Waals surface area contributed by atoms with Crippen LogP contribution < -0.4 is 5.32 Å². The van der Waals surface area contributed by atoms with Crippen molar-refractivity contribution in [1.82, 2.24) is 5.32 Å². The predicted octanol–water partition coefficient (Wildman–Crippen LogP) is 22.1. The van der Waals surface area contributed by atoms with Crippen LogP contribution >= 0.6 is 0 Å². The fourth-order valence-electron chi connectivity index (χ4n) is 10.9. The van der Waals surface area contributed by atoms with E-state index in [2.05, 4.69) is 43.5 Å². The maximum absolute atomic E-state index is 12.5. The molecule has 0 aromatic rings. The smallest absolute Gasteiger partial charge is 0.305 e. The third-order valence-electron chi connectivity index (χ3n) is 16.2. The number of nitrogens with one attached hydrogen (secondary N) is 1. The second kappa shape index (κ2) is 65.9. The highest BCUT2D eigenvalue weighted by Crippen LogP contribution is 2.18. The monoisotopic (exact) mass is 1070 g/mol. The molecule has 6 nitrogen and oxygen atoms in total. The van der Waals surface area contributed by atoms with Gasteiger partial charge in [-0.2, -0.15) is 0 Å². The number of hydrogen-bond donors (Lipinski definition) is 3. The summed E-state index contributed by atoms with van der Waals surface area (Å²) in [6, 6.07) is -0.540. The minimum absolute atomic E-state index is 0.00914. The molecule has 0 aromatic carbocycles. The summed E-state index contributed by atoms with van der Waals surface area (Å²) in [4.78, 5) is 24.6. The molecule has 0 aliphatic rings. The lowest BCUT2D eigenvalue weighted by atomic mass is 10.0. The summed E-state index contributed by atoms with van der Waals surface area (Å²) in [6.45, 7) is 4.97. The quantitative estimate of drug-likeness (QED) is 0.0320. The van der Waals surface area contributed by atoms with E-state index >= 15 is 0 Å². The first-order chi connectivity index (χ1) is 37.5. The molecule has 76 heavy (non-hydrogen) atoms. The molecule has 0 fully saturated rings. The molecule has 0 heterocycles. The third-order valence-corrected chi connectivity index (χ3v) is 16.2. The third kappa shape index (κ3) is 61.6. The van der Waals surface area contributed by atoms with Crippen LogP contribution in [-0.4, -0.2) is 47.4 Å². The Balaban J connectivity index is 3.36. The van der Waals surface area contributed by atoms with Crippen molar-refractivity contribution >= 4 is 11.9 Å². The molecule has 0 aromatic heterocycles. The highest BCUT2D eigenvalue weighted by atomic mass is 16.5. The highest BCUT2D eigenvalue weighted by molar-refractivity contribution is 5.76. The number of esters is 1. The van der Waals surface area contributed by atoms with Crippen molar-refractivity contribution < 1.29 is 24.5 Å². The normalized spacial score (nSPS) is 12.6. The summed E-state index contributed by atoms with van der Waals surface area (Å²) >= 11 is 0. The highest BCUT2D eigenvalue weighted by Gasteiger charge is 2.20.